The molecule has 3 aromatic carbocycles. The molecule has 1 heterocycles. The molecule has 1 aliphatic rings. The van der Waals surface area contributed by atoms with E-state index in [1.807, 2.05) is 79.7 Å². The molecule has 0 radical (unpaired) electrons. The van der Waals surface area contributed by atoms with E-state index < -0.39 is 5.54 Å². The number of ether oxygens (including phenoxy) is 1. The minimum Gasteiger partial charge on any atom is -0.496 e. The summed E-state index contributed by atoms with van der Waals surface area (Å²) < 4.78 is 5.41. The number of methoxy groups -OCH3 is 1. The van der Waals surface area contributed by atoms with Crippen LogP contribution in [0.25, 0.3) is 0 Å². The summed E-state index contributed by atoms with van der Waals surface area (Å²) in [5.74, 6) is 0.360. The first-order valence-corrected chi connectivity index (χ1v) is 10.9. The Morgan fingerprint density at radius 2 is 1.81 bits per heavy atom. The first kappa shape index (κ1) is 21.6. The molecule has 0 saturated carbocycles. The van der Waals surface area contributed by atoms with E-state index in [0.29, 0.717) is 18.5 Å². The second-order valence-corrected chi connectivity index (χ2v) is 8.27. The summed E-state index contributed by atoms with van der Waals surface area (Å²) in [4.78, 5) is 28.9. The Bertz CT molecular complexity index is 1160. The summed E-state index contributed by atoms with van der Waals surface area (Å²) in [7, 11) is 1.61. The summed E-state index contributed by atoms with van der Waals surface area (Å²) >= 11 is 0. The van der Waals surface area contributed by atoms with Crippen LogP contribution in [0.1, 0.15) is 40.9 Å². The van der Waals surface area contributed by atoms with E-state index in [0.717, 1.165) is 34.5 Å². The second-order valence-electron chi connectivity index (χ2n) is 8.27. The Morgan fingerprint density at radius 1 is 1.06 bits per heavy atom. The van der Waals surface area contributed by atoms with Gasteiger partial charge in [0.15, 0.2) is 0 Å². The smallest absolute Gasteiger partial charge is 0.259 e. The lowest BCUT2D eigenvalue weighted by atomic mass is 9.82. The summed E-state index contributed by atoms with van der Waals surface area (Å²) in [5.41, 5.74) is 3.19. The van der Waals surface area contributed by atoms with Crippen molar-refractivity contribution in [3.05, 3.63) is 95.1 Å². The fourth-order valence-electron chi connectivity index (χ4n) is 4.39. The van der Waals surface area contributed by atoms with Gasteiger partial charge in [0.05, 0.1) is 7.11 Å². The molecule has 0 spiro atoms. The molecule has 3 aromatic rings. The van der Waals surface area contributed by atoms with Gasteiger partial charge in [-0.1, -0.05) is 55.5 Å². The van der Waals surface area contributed by atoms with Crippen molar-refractivity contribution in [2.75, 3.05) is 12.0 Å². The number of para-hydroxylation sites is 1. The number of amides is 2. The largest absolute Gasteiger partial charge is 0.496 e. The van der Waals surface area contributed by atoms with Crippen molar-refractivity contribution in [3.8, 4) is 5.75 Å². The molecule has 0 unspecified atom stereocenters. The van der Waals surface area contributed by atoms with Crippen LogP contribution < -0.4 is 15.0 Å². The highest BCUT2D eigenvalue weighted by molar-refractivity contribution is 6.14. The van der Waals surface area contributed by atoms with Crippen LogP contribution in [-0.4, -0.2) is 24.5 Å². The zero-order valence-electron chi connectivity index (χ0n) is 18.7. The van der Waals surface area contributed by atoms with Gasteiger partial charge < -0.3 is 10.1 Å². The van der Waals surface area contributed by atoms with E-state index in [1.54, 1.807) is 12.0 Å². The predicted octanol–water partition coefficient (Wildman–Crippen LogP) is 4.54. The normalized spacial score (nSPS) is 17.6. The number of hydrogen-bond donors (Lipinski definition) is 1. The third-order valence-corrected chi connectivity index (χ3v) is 6.18. The van der Waals surface area contributed by atoms with Gasteiger partial charge >= 0.3 is 0 Å². The molecule has 4 rings (SSSR count). The number of nitrogens with one attached hydrogen (secondary N) is 1. The van der Waals surface area contributed by atoms with Crippen molar-refractivity contribution in [3.63, 3.8) is 0 Å². The number of hydrogen-bond acceptors (Lipinski definition) is 3. The molecule has 0 aliphatic carbocycles. The Kier molecular flexibility index (Phi) is 5.99. The maximum Gasteiger partial charge on any atom is 0.259 e. The summed E-state index contributed by atoms with van der Waals surface area (Å²) in [6, 6.07) is 23.0. The Balaban J connectivity index is 1.72. The van der Waals surface area contributed by atoms with Gasteiger partial charge in [0, 0.05) is 29.8 Å². The molecule has 0 bridgehead atoms. The first-order valence-electron chi connectivity index (χ1n) is 10.9. The van der Waals surface area contributed by atoms with Gasteiger partial charge in [-0.3, -0.25) is 14.5 Å². The zero-order chi connectivity index (χ0) is 22.7. The number of aryl methyl sites for hydroxylation is 1. The maximum atomic E-state index is 13.6. The molecule has 1 atom stereocenters. The number of fused-ring (bicyclic) bond motifs is 1. The minimum absolute atomic E-state index is 0.157. The summed E-state index contributed by atoms with van der Waals surface area (Å²) in [6.45, 7) is 4.24. The van der Waals surface area contributed by atoms with E-state index in [-0.39, 0.29) is 11.8 Å². The predicted molar refractivity (Wildman–Crippen MR) is 126 cm³/mol. The van der Waals surface area contributed by atoms with Crippen LogP contribution in [0.2, 0.25) is 0 Å². The number of benzene rings is 3. The lowest BCUT2D eigenvalue weighted by molar-refractivity contribution is -0.126. The van der Waals surface area contributed by atoms with Gasteiger partial charge in [-0.15, -0.1) is 0 Å². The average molecular weight is 429 g/mol. The van der Waals surface area contributed by atoms with Crippen LogP contribution in [0.3, 0.4) is 0 Å². The Labute approximate surface area is 189 Å². The molecule has 164 valence electrons. The standard InChI is InChI=1S/C27H28N2O3/c1-4-19-10-9-13-22(16-19)29-25(30)23-14-7-5-11-20(23)17-27(29,2)26(31)28-18-21-12-6-8-15-24(21)32-3/h5-16H,4,17-18H2,1-3H3,(H,28,31)/t27-/m0/s1. The average Bonchev–Trinajstić information content (AvgIpc) is 2.82. The molecule has 5 nitrogen and oxygen atoms in total. The quantitative estimate of drug-likeness (QED) is 0.627. The van der Waals surface area contributed by atoms with E-state index >= 15 is 0 Å². The Hall–Kier alpha value is -3.60. The van der Waals surface area contributed by atoms with Crippen LogP contribution >= 0.6 is 0 Å². The van der Waals surface area contributed by atoms with Gasteiger partial charge in [0.1, 0.15) is 11.3 Å². The highest BCUT2D eigenvalue weighted by atomic mass is 16.5. The van der Waals surface area contributed by atoms with E-state index in [9.17, 15) is 9.59 Å². The fraction of sp³-hybridized carbons (Fsp3) is 0.259. The van der Waals surface area contributed by atoms with Crippen molar-refractivity contribution in [1.29, 1.82) is 0 Å². The molecule has 0 fully saturated rings. The van der Waals surface area contributed by atoms with Crippen LogP contribution in [0, 0.1) is 0 Å². The van der Waals surface area contributed by atoms with Gasteiger partial charge in [-0.05, 0) is 48.7 Å². The van der Waals surface area contributed by atoms with Crippen LogP contribution in [0.15, 0.2) is 72.8 Å². The highest BCUT2D eigenvalue weighted by Gasteiger charge is 2.47. The molecule has 32 heavy (non-hydrogen) atoms. The van der Waals surface area contributed by atoms with Crippen molar-refractivity contribution < 1.29 is 14.3 Å². The van der Waals surface area contributed by atoms with Crippen molar-refractivity contribution >= 4 is 17.5 Å². The van der Waals surface area contributed by atoms with Gasteiger partial charge in [0.2, 0.25) is 5.91 Å². The first-order chi connectivity index (χ1) is 15.5. The lowest BCUT2D eigenvalue weighted by Crippen LogP contribution is -2.63. The minimum atomic E-state index is -1.07. The number of carbonyl (C=O) groups is 2. The van der Waals surface area contributed by atoms with Crippen molar-refractivity contribution in [1.82, 2.24) is 5.32 Å². The topological polar surface area (TPSA) is 58.6 Å². The molecule has 5 heteroatoms. The third kappa shape index (κ3) is 3.86. The van der Waals surface area contributed by atoms with Crippen LogP contribution in [0.5, 0.6) is 5.75 Å². The van der Waals surface area contributed by atoms with E-state index in [1.165, 1.54) is 0 Å². The summed E-state index contributed by atoms with van der Waals surface area (Å²) in [5, 5.41) is 3.05. The zero-order valence-corrected chi connectivity index (χ0v) is 18.7. The number of carbonyl (C=O) groups excluding carboxylic acids is 2. The molecule has 2 amide bonds. The molecule has 1 aliphatic heterocycles. The van der Waals surface area contributed by atoms with Crippen molar-refractivity contribution in [2.45, 2.75) is 38.8 Å². The SMILES string of the molecule is CCc1cccc(N2C(=O)c3ccccc3C[C@@]2(C)C(=O)NCc2ccccc2OC)c1. The molecular weight excluding hydrogens is 400 g/mol. The van der Waals surface area contributed by atoms with Crippen molar-refractivity contribution in [2.24, 2.45) is 0 Å². The molecule has 0 aromatic heterocycles. The molecule has 0 saturated heterocycles. The Morgan fingerprint density at radius 3 is 2.59 bits per heavy atom. The van der Waals surface area contributed by atoms with Crippen LogP contribution in [-0.2, 0) is 24.2 Å². The van der Waals surface area contributed by atoms with E-state index in [4.69, 9.17) is 4.74 Å². The van der Waals surface area contributed by atoms with Crippen LogP contribution in [0.4, 0.5) is 5.69 Å². The monoisotopic (exact) mass is 428 g/mol. The third-order valence-electron chi connectivity index (χ3n) is 6.18. The lowest BCUT2D eigenvalue weighted by Gasteiger charge is -2.44. The van der Waals surface area contributed by atoms with E-state index in [2.05, 4.69) is 12.2 Å². The molecule has 1 N–H and O–H groups in total. The number of rotatable bonds is 6. The fourth-order valence-corrected chi connectivity index (χ4v) is 4.39. The highest BCUT2D eigenvalue weighted by Crippen LogP contribution is 2.36. The van der Waals surface area contributed by atoms with Gasteiger partial charge in [-0.25, -0.2) is 0 Å². The number of anilines is 1. The molecular formula is C27H28N2O3. The maximum absolute atomic E-state index is 13.6. The number of nitrogens with zero attached hydrogens (tertiary/aromatic N) is 1. The summed E-state index contributed by atoms with van der Waals surface area (Å²) in [6.07, 6.45) is 1.28. The second kappa shape index (κ2) is 8.87. The van der Waals surface area contributed by atoms with Gasteiger partial charge in [0.25, 0.3) is 5.91 Å². The van der Waals surface area contributed by atoms with Gasteiger partial charge in [-0.2, -0.15) is 0 Å².